The summed E-state index contributed by atoms with van der Waals surface area (Å²) in [6.45, 7) is 3.40. The van der Waals surface area contributed by atoms with Gasteiger partial charge in [0.15, 0.2) is 0 Å². The zero-order valence-electron chi connectivity index (χ0n) is 10.9. The maximum Gasteiger partial charge on any atom is 0.243 e. The van der Waals surface area contributed by atoms with Gasteiger partial charge in [-0.05, 0) is 37.3 Å². The van der Waals surface area contributed by atoms with Crippen molar-refractivity contribution in [3.63, 3.8) is 0 Å². The molecule has 0 unspecified atom stereocenters. The van der Waals surface area contributed by atoms with E-state index in [9.17, 15) is 8.42 Å². The monoisotopic (exact) mass is 267 g/mol. The van der Waals surface area contributed by atoms with Crippen LogP contribution in [0, 0.1) is 0 Å². The van der Waals surface area contributed by atoms with Crippen LogP contribution in [0.5, 0.6) is 0 Å². The number of nitrogens with zero attached hydrogens (tertiary/aromatic N) is 1. The minimum Gasteiger partial charge on any atom is -0.207 e. The average Bonchev–Trinajstić information content (AvgIpc) is 2.36. The Kier molecular flexibility index (Phi) is 4.40. The second-order valence-electron chi connectivity index (χ2n) is 4.82. The van der Waals surface area contributed by atoms with E-state index >= 15 is 0 Å². The SMILES string of the molecule is CCCCN1CCCCc2ccccc2S1(=O)=O. The third-order valence-electron chi connectivity index (χ3n) is 3.46. The van der Waals surface area contributed by atoms with E-state index < -0.39 is 10.0 Å². The molecule has 100 valence electrons. The molecule has 0 bridgehead atoms. The van der Waals surface area contributed by atoms with Crippen molar-refractivity contribution in [1.82, 2.24) is 4.31 Å². The van der Waals surface area contributed by atoms with E-state index in [-0.39, 0.29) is 0 Å². The number of hydrogen-bond donors (Lipinski definition) is 0. The lowest BCUT2D eigenvalue weighted by Gasteiger charge is -2.25. The van der Waals surface area contributed by atoms with Crippen LogP contribution in [0.15, 0.2) is 29.2 Å². The molecule has 0 aliphatic carbocycles. The summed E-state index contributed by atoms with van der Waals surface area (Å²) in [6.07, 6.45) is 4.85. The van der Waals surface area contributed by atoms with Gasteiger partial charge >= 0.3 is 0 Å². The van der Waals surface area contributed by atoms with E-state index in [1.807, 2.05) is 18.2 Å². The maximum atomic E-state index is 12.6. The van der Waals surface area contributed by atoms with Crippen molar-refractivity contribution in [2.45, 2.75) is 43.9 Å². The second kappa shape index (κ2) is 5.85. The molecule has 1 aromatic rings. The Bertz CT molecular complexity index is 496. The van der Waals surface area contributed by atoms with E-state index in [4.69, 9.17) is 0 Å². The Labute approximate surface area is 110 Å². The fourth-order valence-electron chi connectivity index (χ4n) is 2.39. The largest absolute Gasteiger partial charge is 0.243 e. The molecule has 0 aromatic heterocycles. The van der Waals surface area contributed by atoms with Crippen LogP contribution in [0.3, 0.4) is 0 Å². The summed E-state index contributed by atoms with van der Waals surface area (Å²) in [5.41, 5.74) is 0.971. The van der Waals surface area contributed by atoms with Crippen LogP contribution in [0.4, 0.5) is 0 Å². The summed E-state index contributed by atoms with van der Waals surface area (Å²) in [7, 11) is -3.28. The molecule has 2 rings (SSSR count). The highest BCUT2D eigenvalue weighted by Crippen LogP contribution is 2.25. The predicted molar refractivity (Wildman–Crippen MR) is 73.0 cm³/mol. The van der Waals surface area contributed by atoms with Crippen LogP contribution in [0.2, 0.25) is 0 Å². The van der Waals surface area contributed by atoms with Crippen molar-refractivity contribution in [3.05, 3.63) is 29.8 Å². The van der Waals surface area contributed by atoms with Crippen molar-refractivity contribution in [2.24, 2.45) is 0 Å². The Morgan fingerprint density at radius 2 is 2.00 bits per heavy atom. The minimum atomic E-state index is -3.28. The normalized spacial score (nSPS) is 19.8. The molecule has 18 heavy (non-hydrogen) atoms. The van der Waals surface area contributed by atoms with E-state index in [2.05, 4.69) is 6.92 Å². The maximum absolute atomic E-state index is 12.6. The molecule has 3 nitrogen and oxygen atoms in total. The molecular formula is C14H21NO2S. The first kappa shape index (κ1) is 13.6. The third kappa shape index (κ3) is 2.75. The molecule has 0 fully saturated rings. The Hall–Kier alpha value is -0.870. The zero-order valence-corrected chi connectivity index (χ0v) is 11.7. The zero-order chi connectivity index (χ0) is 13.0. The first-order valence-corrected chi connectivity index (χ1v) is 8.18. The summed E-state index contributed by atoms with van der Waals surface area (Å²) < 4.78 is 26.9. The molecule has 0 radical (unpaired) electrons. The summed E-state index contributed by atoms with van der Waals surface area (Å²) in [4.78, 5) is 0.515. The number of benzene rings is 1. The van der Waals surface area contributed by atoms with Crippen molar-refractivity contribution < 1.29 is 8.42 Å². The van der Waals surface area contributed by atoms with Crippen LogP contribution < -0.4 is 0 Å². The van der Waals surface area contributed by atoms with Gasteiger partial charge in [-0.1, -0.05) is 31.5 Å². The lowest BCUT2D eigenvalue weighted by molar-refractivity contribution is 0.387. The van der Waals surface area contributed by atoms with Crippen LogP contribution in [-0.2, 0) is 16.4 Å². The molecule has 1 aliphatic heterocycles. The highest BCUT2D eigenvalue weighted by molar-refractivity contribution is 7.89. The van der Waals surface area contributed by atoms with Gasteiger partial charge in [0.1, 0.15) is 0 Å². The number of unbranched alkanes of at least 4 members (excludes halogenated alkanes) is 1. The lowest BCUT2D eigenvalue weighted by Crippen LogP contribution is -2.34. The standard InChI is InChI=1S/C14H21NO2S/c1-2-3-11-15-12-7-6-9-13-8-4-5-10-14(13)18(15,16)17/h4-5,8,10H,2-3,6-7,9,11-12H2,1H3. The fraction of sp³-hybridized carbons (Fsp3) is 0.571. The number of rotatable bonds is 3. The minimum absolute atomic E-state index is 0.515. The van der Waals surface area contributed by atoms with Gasteiger partial charge in [0.25, 0.3) is 0 Å². The average molecular weight is 267 g/mol. The molecule has 0 saturated carbocycles. The van der Waals surface area contributed by atoms with Crippen molar-refractivity contribution in [1.29, 1.82) is 0 Å². The molecule has 0 spiro atoms. The summed E-state index contributed by atoms with van der Waals surface area (Å²) in [5, 5.41) is 0. The van der Waals surface area contributed by atoms with Crippen LogP contribution >= 0.6 is 0 Å². The number of hydrogen-bond acceptors (Lipinski definition) is 2. The van der Waals surface area contributed by atoms with Gasteiger partial charge in [0.2, 0.25) is 10.0 Å². The molecule has 0 amide bonds. The van der Waals surface area contributed by atoms with E-state index in [0.29, 0.717) is 18.0 Å². The van der Waals surface area contributed by atoms with Crippen molar-refractivity contribution in [2.75, 3.05) is 13.1 Å². The molecular weight excluding hydrogens is 246 g/mol. The number of fused-ring (bicyclic) bond motifs is 1. The van der Waals surface area contributed by atoms with Gasteiger partial charge in [0, 0.05) is 13.1 Å². The fourth-order valence-corrected chi connectivity index (χ4v) is 4.16. The van der Waals surface area contributed by atoms with Crippen LogP contribution in [0.25, 0.3) is 0 Å². The first-order valence-electron chi connectivity index (χ1n) is 6.74. The van der Waals surface area contributed by atoms with Gasteiger partial charge in [-0.2, -0.15) is 4.31 Å². The number of sulfonamides is 1. The summed E-state index contributed by atoms with van der Waals surface area (Å²) in [5.74, 6) is 0. The van der Waals surface area contributed by atoms with Crippen LogP contribution in [-0.4, -0.2) is 25.8 Å². The van der Waals surface area contributed by atoms with Crippen molar-refractivity contribution in [3.8, 4) is 0 Å². The third-order valence-corrected chi connectivity index (χ3v) is 5.45. The molecule has 4 heteroatoms. The molecule has 1 heterocycles. The molecule has 1 aliphatic rings. The molecule has 0 saturated heterocycles. The second-order valence-corrected chi connectivity index (χ2v) is 6.73. The predicted octanol–water partition coefficient (Wildman–Crippen LogP) is 2.81. The lowest BCUT2D eigenvalue weighted by atomic mass is 10.1. The van der Waals surface area contributed by atoms with Gasteiger partial charge < -0.3 is 0 Å². The van der Waals surface area contributed by atoms with Gasteiger partial charge in [-0.3, -0.25) is 0 Å². The molecule has 0 N–H and O–H groups in total. The number of aryl methyl sites for hydroxylation is 1. The van der Waals surface area contributed by atoms with Gasteiger partial charge in [-0.25, -0.2) is 8.42 Å². The summed E-state index contributed by atoms with van der Waals surface area (Å²) in [6, 6.07) is 7.42. The Morgan fingerprint density at radius 1 is 1.22 bits per heavy atom. The first-order chi connectivity index (χ1) is 8.66. The molecule has 0 atom stereocenters. The Morgan fingerprint density at radius 3 is 2.78 bits per heavy atom. The topological polar surface area (TPSA) is 37.4 Å². The Balaban J connectivity index is 2.37. The van der Waals surface area contributed by atoms with Gasteiger partial charge in [-0.15, -0.1) is 0 Å². The van der Waals surface area contributed by atoms with E-state index in [1.54, 1.807) is 10.4 Å². The van der Waals surface area contributed by atoms with E-state index in [0.717, 1.165) is 37.7 Å². The van der Waals surface area contributed by atoms with Crippen molar-refractivity contribution >= 4 is 10.0 Å². The highest BCUT2D eigenvalue weighted by atomic mass is 32.2. The molecule has 1 aromatic carbocycles. The van der Waals surface area contributed by atoms with E-state index in [1.165, 1.54) is 0 Å². The van der Waals surface area contributed by atoms with Gasteiger partial charge in [0.05, 0.1) is 4.90 Å². The van der Waals surface area contributed by atoms with Crippen LogP contribution in [0.1, 0.15) is 38.2 Å². The quantitative estimate of drug-likeness (QED) is 0.844. The smallest absolute Gasteiger partial charge is 0.207 e. The highest BCUT2D eigenvalue weighted by Gasteiger charge is 2.27. The summed E-state index contributed by atoms with van der Waals surface area (Å²) >= 11 is 0.